The van der Waals surface area contributed by atoms with E-state index in [1.54, 1.807) is 24.3 Å². The van der Waals surface area contributed by atoms with E-state index in [-0.39, 0.29) is 11.6 Å². The van der Waals surface area contributed by atoms with Gasteiger partial charge < -0.3 is 0 Å². The fourth-order valence-electron chi connectivity index (χ4n) is 1.25. The molecule has 0 heterocycles. The van der Waals surface area contributed by atoms with Crippen LogP contribution in [-0.2, 0) is 0 Å². The van der Waals surface area contributed by atoms with Crippen LogP contribution in [0, 0.1) is 25.7 Å². The van der Waals surface area contributed by atoms with E-state index in [0.717, 1.165) is 0 Å². The predicted molar refractivity (Wildman–Crippen MR) is 75.5 cm³/mol. The summed E-state index contributed by atoms with van der Waals surface area (Å²) < 4.78 is 0. The number of hydrogen-bond acceptors (Lipinski definition) is 2. The number of Topliss-reactive ketones (excluding diaryl/α,β-unsaturated/α-hetero) is 2. The lowest BCUT2D eigenvalue weighted by atomic mass is 10.0. The number of hydrogen-bond donors (Lipinski definition) is 0. The number of carbonyl (C=O) groups excluding carboxylic acids is 2. The largest absolute Gasteiger partial charge is 0.294 e. The van der Waals surface area contributed by atoms with Gasteiger partial charge in [-0.3, -0.25) is 9.59 Å². The third-order valence-corrected chi connectivity index (χ3v) is 2.17. The smallest absolute Gasteiger partial charge is 0.162 e. The molecule has 1 rings (SSSR count). The highest BCUT2D eigenvalue weighted by molar-refractivity contribution is 5.99. The van der Waals surface area contributed by atoms with Gasteiger partial charge in [-0.15, -0.1) is 25.7 Å². The number of terminal acetylenes is 2. The summed E-state index contributed by atoms with van der Waals surface area (Å²) in [6.07, 6.45) is 17.0. The fourth-order valence-corrected chi connectivity index (χ4v) is 1.25. The molecule has 0 fully saturated rings. The lowest BCUT2D eigenvalue weighted by Gasteiger charge is -2.00. The Morgan fingerprint density at radius 1 is 0.778 bits per heavy atom. The van der Waals surface area contributed by atoms with E-state index in [4.69, 9.17) is 0 Å². The molecule has 0 N–H and O–H groups in total. The first-order valence-corrected chi connectivity index (χ1v) is 5.52. The van der Waals surface area contributed by atoms with Crippen molar-refractivity contribution in [3.05, 3.63) is 35.4 Å². The third kappa shape index (κ3) is 5.68. The van der Waals surface area contributed by atoms with Crippen LogP contribution in [0.1, 0.15) is 47.4 Å². The second-order valence-electron chi connectivity index (χ2n) is 3.13. The van der Waals surface area contributed by atoms with Gasteiger partial charge >= 0.3 is 0 Å². The molecule has 1 aromatic rings. The zero-order valence-electron chi connectivity index (χ0n) is 10.8. The van der Waals surface area contributed by atoms with E-state index < -0.39 is 0 Å². The van der Waals surface area contributed by atoms with Gasteiger partial charge in [-0.25, -0.2) is 0 Å². The summed E-state index contributed by atoms with van der Waals surface area (Å²) in [6, 6.07) is 6.87. The Morgan fingerprint density at radius 3 is 1.17 bits per heavy atom. The van der Waals surface area contributed by atoms with Gasteiger partial charge in [0.2, 0.25) is 0 Å². The van der Waals surface area contributed by atoms with Crippen LogP contribution in [-0.4, -0.2) is 11.6 Å². The van der Waals surface area contributed by atoms with Gasteiger partial charge in [0.25, 0.3) is 0 Å². The third-order valence-electron chi connectivity index (χ3n) is 2.17. The van der Waals surface area contributed by atoms with Gasteiger partial charge in [-0.05, 0) is 0 Å². The van der Waals surface area contributed by atoms with E-state index in [0.29, 0.717) is 24.0 Å². The molecule has 0 aliphatic heterocycles. The predicted octanol–water partition coefficient (Wildman–Crippen LogP) is 3.37. The van der Waals surface area contributed by atoms with Crippen LogP contribution >= 0.6 is 0 Å². The summed E-state index contributed by atoms with van der Waals surface area (Å²) in [5, 5.41) is 0. The van der Waals surface area contributed by atoms with E-state index in [9.17, 15) is 9.59 Å². The van der Waals surface area contributed by atoms with Crippen molar-refractivity contribution in [3.8, 4) is 25.7 Å². The standard InChI is InChI=1S/C12H14O2.2C2H2/c1-3-11(13)9-5-7-10(8-6-9)12(14)4-2;2*1-2/h5-8H,3-4H2,1-2H3;2*1-2H. The Balaban J connectivity index is 0. The van der Waals surface area contributed by atoms with Crippen molar-refractivity contribution in [3.63, 3.8) is 0 Å². The van der Waals surface area contributed by atoms with E-state index >= 15 is 0 Å². The van der Waals surface area contributed by atoms with Crippen LogP contribution in [0.2, 0.25) is 0 Å². The number of benzene rings is 1. The molecular weight excluding hydrogens is 224 g/mol. The molecule has 0 saturated carbocycles. The topological polar surface area (TPSA) is 34.1 Å². The van der Waals surface area contributed by atoms with Crippen molar-refractivity contribution in [1.29, 1.82) is 0 Å². The van der Waals surface area contributed by atoms with Gasteiger partial charge in [0.1, 0.15) is 0 Å². The fraction of sp³-hybridized carbons (Fsp3) is 0.250. The molecule has 0 spiro atoms. The van der Waals surface area contributed by atoms with Crippen molar-refractivity contribution in [2.45, 2.75) is 26.7 Å². The zero-order valence-corrected chi connectivity index (χ0v) is 10.8. The van der Waals surface area contributed by atoms with Gasteiger partial charge in [0, 0.05) is 24.0 Å². The minimum Gasteiger partial charge on any atom is -0.294 e. The Bertz CT molecular complexity index is 367. The molecule has 1 aromatic carbocycles. The maximum atomic E-state index is 11.3. The Hall–Kier alpha value is -2.32. The normalized spacial score (nSPS) is 7.89. The summed E-state index contributed by atoms with van der Waals surface area (Å²) in [5.74, 6) is 0.223. The van der Waals surface area contributed by atoms with Crippen LogP contribution in [0.15, 0.2) is 24.3 Å². The summed E-state index contributed by atoms with van der Waals surface area (Å²) in [7, 11) is 0. The zero-order chi connectivity index (χ0) is 14.6. The summed E-state index contributed by atoms with van der Waals surface area (Å²) >= 11 is 0. The lowest BCUT2D eigenvalue weighted by molar-refractivity contribution is 0.0976. The average Bonchev–Trinajstić information content (AvgIpc) is 2.49. The summed E-state index contributed by atoms with van der Waals surface area (Å²) in [6.45, 7) is 3.65. The molecule has 0 amide bonds. The highest BCUT2D eigenvalue weighted by Gasteiger charge is 2.05. The molecule has 0 bridgehead atoms. The van der Waals surface area contributed by atoms with Crippen LogP contribution < -0.4 is 0 Å². The first kappa shape index (κ1) is 18.1. The molecule has 0 aromatic heterocycles. The van der Waals surface area contributed by atoms with Crippen molar-refractivity contribution in [2.24, 2.45) is 0 Å². The monoisotopic (exact) mass is 242 g/mol. The minimum absolute atomic E-state index is 0.112. The second-order valence-corrected chi connectivity index (χ2v) is 3.13. The van der Waals surface area contributed by atoms with Gasteiger partial charge in [0.15, 0.2) is 11.6 Å². The highest BCUT2D eigenvalue weighted by atomic mass is 16.1. The number of ketones is 2. The van der Waals surface area contributed by atoms with Crippen LogP contribution in [0.3, 0.4) is 0 Å². The van der Waals surface area contributed by atoms with Crippen molar-refractivity contribution in [2.75, 3.05) is 0 Å². The minimum atomic E-state index is 0.112. The van der Waals surface area contributed by atoms with E-state index in [1.165, 1.54) is 0 Å². The molecule has 0 aliphatic carbocycles. The molecule has 18 heavy (non-hydrogen) atoms. The van der Waals surface area contributed by atoms with Crippen molar-refractivity contribution >= 4 is 11.6 Å². The van der Waals surface area contributed by atoms with Crippen molar-refractivity contribution in [1.82, 2.24) is 0 Å². The average molecular weight is 242 g/mol. The molecule has 2 heteroatoms. The molecule has 0 radical (unpaired) electrons. The molecule has 0 atom stereocenters. The maximum Gasteiger partial charge on any atom is 0.162 e. The molecular formula is C16H18O2. The van der Waals surface area contributed by atoms with E-state index in [1.807, 2.05) is 13.8 Å². The maximum absolute atomic E-state index is 11.3. The first-order valence-electron chi connectivity index (χ1n) is 5.52. The lowest BCUT2D eigenvalue weighted by Crippen LogP contribution is -1.99. The van der Waals surface area contributed by atoms with Crippen molar-refractivity contribution < 1.29 is 9.59 Å². The van der Waals surface area contributed by atoms with Gasteiger partial charge in [-0.2, -0.15) is 0 Å². The Kier molecular flexibility index (Phi) is 11.2. The SMILES string of the molecule is C#C.C#C.CCC(=O)c1ccc(C(=O)CC)cc1. The Morgan fingerprint density at radius 2 is 1.00 bits per heavy atom. The van der Waals surface area contributed by atoms with Crippen LogP contribution in [0.5, 0.6) is 0 Å². The molecule has 0 saturated heterocycles. The van der Waals surface area contributed by atoms with Crippen LogP contribution in [0.4, 0.5) is 0 Å². The first-order chi connectivity index (χ1) is 8.69. The summed E-state index contributed by atoms with van der Waals surface area (Å²) in [4.78, 5) is 22.6. The summed E-state index contributed by atoms with van der Waals surface area (Å²) in [5.41, 5.74) is 1.36. The molecule has 0 unspecified atom stereocenters. The molecule has 2 nitrogen and oxygen atoms in total. The number of rotatable bonds is 4. The quantitative estimate of drug-likeness (QED) is 0.599. The van der Waals surface area contributed by atoms with E-state index in [2.05, 4.69) is 25.7 Å². The highest BCUT2D eigenvalue weighted by Crippen LogP contribution is 2.08. The van der Waals surface area contributed by atoms with Gasteiger partial charge in [-0.1, -0.05) is 38.1 Å². The van der Waals surface area contributed by atoms with Crippen LogP contribution in [0.25, 0.3) is 0 Å². The number of carbonyl (C=O) groups is 2. The molecule has 0 aliphatic rings. The molecule has 94 valence electrons. The van der Waals surface area contributed by atoms with Gasteiger partial charge in [0.05, 0.1) is 0 Å². The Labute approximate surface area is 109 Å². The second kappa shape index (κ2) is 11.2.